The molecule has 3 heterocycles. The van der Waals surface area contributed by atoms with E-state index in [0.717, 1.165) is 28.7 Å². The first-order valence-corrected chi connectivity index (χ1v) is 7.90. The molecule has 0 unspecified atom stereocenters. The lowest BCUT2D eigenvalue weighted by molar-refractivity contribution is -0.137. The van der Waals surface area contributed by atoms with Crippen molar-refractivity contribution in [2.45, 2.75) is 38.5 Å². The van der Waals surface area contributed by atoms with Gasteiger partial charge in [-0.2, -0.15) is 0 Å². The lowest BCUT2D eigenvalue weighted by atomic mass is 9.97. The summed E-state index contributed by atoms with van der Waals surface area (Å²) in [6, 6.07) is 0. The highest BCUT2D eigenvalue weighted by molar-refractivity contribution is 7.19. The number of aromatic nitrogens is 4. The van der Waals surface area contributed by atoms with Crippen molar-refractivity contribution in [1.82, 2.24) is 19.6 Å². The Hall–Kier alpha value is -2.02. The van der Waals surface area contributed by atoms with Gasteiger partial charge in [0, 0.05) is 11.3 Å². The molecule has 0 bridgehead atoms. The Labute approximate surface area is 124 Å². The standard InChI is InChI=1S/C14H14N4O2S/c19-11(20)6-5-10-16-13-12-8-3-1-2-4-9(8)21-14(12)15-7-18(13)17-10/h7H,1-6H2,(H,19,20). The molecule has 3 aromatic rings. The smallest absolute Gasteiger partial charge is 0.303 e. The summed E-state index contributed by atoms with van der Waals surface area (Å²) in [4.78, 5) is 22.2. The zero-order chi connectivity index (χ0) is 14.4. The van der Waals surface area contributed by atoms with Crippen molar-refractivity contribution in [2.75, 3.05) is 0 Å². The van der Waals surface area contributed by atoms with Gasteiger partial charge in [0.2, 0.25) is 0 Å². The third-order valence-corrected chi connectivity index (χ3v) is 5.10. The molecular formula is C14H14N4O2S. The fraction of sp³-hybridized carbons (Fsp3) is 0.429. The molecule has 1 N–H and O–H groups in total. The highest BCUT2D eigenvalue weighted by Crippen LogP contribution is 2.36. The van der Waals surface area contributed by atoms with E-state index in [2.05, 4.69) is 15.1 Å². The summed E-state index contributed by atoms with van der Waals surface area (Å²) in [5, 5.41) is 14.2. The van der Waals surface area contributed by atoms with Gasteiger partial charge in [-0.3, -0.25) is 4.79 Å². The molecule has 6 nitrogen and oxygen atoms in total. The van der Waals surface area contributed by atoms with E-state index in [0.29, 0.717) is 12.2 Å². The lowest BCUT2D eigenvalue weighted by Gasteiger charge is -2.09. The maximum atomic E-state index is 10.7. The number of thiophene rings is 1. The molecular weight excluding hydrogens is 288 g/mol. The lowest BCUT2D eigenvalue weighted by Crippen LogP contribution is -1.99. The van der Waals surface area contributed by atoms with E-state index < -0.39 is 5.97 Å². The maximum Gasteiger partial charge on any atom is 0.303 e. The minimum absolute atomic E-state index is 0.0508. The van der Waals surface area contributed by atoms with Gasteiger partial charge in [0.15, 0.2) is 11.5 Å². The number of hydrogen-bond donors (Lipinski definition) is 1. The molecule has 0 amide bonds. The van der Waals surface area contributed by atoms with E-state index in [1.165, 1.54) is 23.3 Å². The molecule has 0 spiro atoms. The van der Waals surface area contributed by atoms with Crippen LogP contribution in [0.1, 0.15) is 35.5 Å². The summed E-state index contributed by atoms with van der Waals surface area (Å²) in [7, 11) is 0. The second kappa shape index (κ2) is 4.77. The van der Waals surface area contributed by atoms with Crippen molar-refractivity contribution in [3.8, 4) is 0 Å². The van der Waals surface area contributed by atoms with Crippen LogP contribution in [0.25, 0.3) is 15.9 Å². The van der Waals surface area contributed by atoms with Crippen molar-refractivity contribution in [3.63, 3.8) is 0 Å². The van der Waals surface area contributed by atoms with Gasteiger partial charge in [-0.25, -0.2) is 14.5 Å². The fourth-order valence-corrected chi connectivity index (χ4v) is 4.15. The van der Waals surface area contributed by atoms with Crippen LogP contribution in [0.15, 0.2) is 6.33 Å². The third-order valence-electron chi connectivity index (χ3n) is 3.90. The zero-order valence-electron chi connectivity index (χ0n) is 11.4. The second-order valence-corrected chi connectivity index (χ2v) is 6.41. The minimum Gasteiger partial charge on any atom is -0.481 e. The van der Waals surface area contributed by atoms with E-state index in [1.807, 2.05) is 0 Å². The quantitative estimate of drug-likeness (QED) is 0.802. The average molecular weight is 302 g/mol. The molecule has 0 aliphatic heterocycles. The molecule has 7 heteroatoms. The normalized spacial score (nSPS) is 14.7. The Kier molecular flexibility index (Phi) is 2.88. The van der Waals surface area contributed by atoms with Gasteiger partial charge in [-0.1, -0.05) is 0 Å². The number of hydrogen-bond acceptors (Lipinski definition) is 5. The average Bonchev–Trinajstić information content (AvgIpc) is 3.04. The molecule has 4 rings (SSSR count). The molecule has 21 heavy (non-hydrogen) atoms. The van der Waals surface area contributed by atoms with E-state index >= 15 is 0 Å². The Morgan fingerprint density at radius 2 is 2.24 bits per heavy atom. The molecule has 0 radical (unpaired) electrons. The second-order valence-electron chi connectivity index (χ2n) is 5.33. The van der Waals surface area contributed by atoms with Crippen molar-refractivity contribution < 1.29 is 9.90 Å². The Balaban J connectivity index is 1.87. The van der Waals surface area contributed by atoms with Gasteiger partial charge in [-0.15, -0.1) is 16.4 Å². The van der Waals surface area contributed by atoms with Crippen LogP contribution in [0.2, 0.25) is 0 Å². The largest absolute Gasteiger partial charge is 0.481 e. The zero-order valence-corrected chi connectivity index (χ0v) is 12.2. The first kappa shape index (κ1) is 12.7. The monoisotopic (exact) mass is 302 g/mol. The van der Waals surface area contributed by atoms with Gasteiger partial charge >= 0.3 is 5.97 Å². The molecule has 0 atom stereocenters. The Bertz CT molecular complexity index is 852. The number of aliphatic carboxylic acids is 1. The fourth-order valence-electron chi connectivity index (χ4n) is 2.92. The first-order chi connectivity index (χ1) is 10.2. The maximum absolute atomic E-state index is 10.7. The Morgan fingerprint density at radius 1 is 1.38 bits per heavy atom. The summed E-state index contributed by atoms with van der Waals surface area (Å²) < 4.78 is 1.68. The van der Waals surface area contributed by atoms with E-state index in [-0.39, 0.29) is 6.42 Å². The predicted molar refractivity (Wildman–Crippen MR) is 78.8 cm³/mol. The molecule has 0 aromatic carbocycles. The molecule has 0 saturated carbocycles. The molecule has 108 valence electrons. The van der Waals surface area contributed by atoms with E-state index in [4.69, 9.17) is 5.11 Å². The number of aryl methyl sites for hydroxylation is 3. The molecule has 1 aliphatic carbocycles. The molecule has 0 fully saturated rings. The number of carbonyl (C=O) groups is 1. The molecule has 3 aromatic heterocycles. The van der Waals surface area contributed by atoms with Crippen LogP contribution in [-0.2, 0) is 24.1 Å². The summed E-state index contributed by atoms with van der Waals surface area (Å²) in [6.07, 6.45) is 6.74. The number of fused-ring (bicyclic) bond motifs is 5. The minimum atomic E-state index is -0.829. The van der Waals surface area contributed by atoms with Crippen LogP contribution < -0.4 is 0 Å². The topological polar surface area (TPSA) is 80.4 Å². The molecule has 1 aliphatic rings. The van der Waals surface area contributed by atoms with Crippen LogP contribution in [0.4, 0.5) is 0 Å². The van der Waals surface area contributed by atoms with Gasteiger partial charge in [0.05, 0.1) is 11.8 Å². The Morgan fingerprint density at radius 3 is 3.10 bits per heavy atom. The van der Waals surface area contributed by atoms with Crippen molar-refractivity contribution in [1.29, 1.82) is 0 Å². The van der Waals surface area contributed by atoms with E-state index in [1.54, 1.807) is 22.2 Å². The number of nitrogens with zero attached hydrogens (tertiary/aromatic N) is 4. The molecule has 0 saturated heterocycles. The van der Waals surface area contributed by atoms with Gasteiger partial charge < -0.3 is 5.11 Å². The SMILES string of the molecule is O=C(O)CCc1nc2c3c4c(sc3ncn2n1)CCCC4. The van der Waals surface area contributed by atoms with Crippen molar-refractivity contribution in [2.24, 2.45) is 0 Å². The summed E-state index contributed by atoms with van der Waals surface area (Å²) in [6.45, 7) is 0. The first-order valence-electron chi connectivity index (χ1n) is 7.08. The predicted octanol–water partition coefficient (Wildman–Crippen LogP) is 2.24. The summed E-state index contributed by atoms with van der Waals surface area (Å²) in [5.41, 5.74) is 2.19. The van der Waals surface area contributed by atoms with Gasteiger partial charge in [0.25, 0.3) is 0 Å². The third kappa shape index (κ3) is 2.08. The van der Waals surface area contributed by atoms with Crippen LogP contribution in [0.5, 0.6) is 0 Å². The number of carboxylic acids is 1. The number of carboxylic acid groups (broad SMARTS) is 1. The van der Waals surface area contributed by atoms with Crippen LogP contribution >= 0.6 is 11.3 Å². The van der Waals surface area contributed by atoms with Gasteiger partial charge in [-0.05, 0) is 31.2 Å². The van der Waals surface area contributed by atoms with E-state index in [9.17, 15) is 4.79 Å². The van der Waals surface area contributed by atoms with Crippen LogP contribution in [0.3, 0.4) is 0 Å². The summed E-state index contributed by atoms with van der Waals surface area (Å²) >= 11 is 1.76. The summed E-state index contributed by atoms with van der Waals surface area (Å²) in [5.74, 6) is -0.257. The van der Waals surface area contributed by atoms with Gasteiger partial charge in [0.1, 0.15) is 11.2 Å². The highest BCUT2D eigenvalue weighted by atomic mass is 32.1. The number of rotatable bonds is 3. The highest BCUT2D eigenvalue weighted by Gasteiger charge is 2.20. The van der Waals surface area contributed by atoms with Crippen LogP contribution in [0, 0.1) is 0 Å². The van der Waals surface area contributed by atoms with Crippen LogP contribution in [-0.4, -0.2) is 30.7 Å². The van der Waals surface area contributed by atoms with Crippen molar-refractivity contribution >= 4 is 33.2 Å². The van der Waals surface area contributed by atoms with Crippen molar-refractivity contribution in [3.05, 3.63) is 22.6 Å².